The highest BCUT2D eigenvalue weighted by Gasteiger charge is 2.74. The Hall–Kier alpha value is -2.58. The van der Waals surface area contributed by atoms with Crippen LogP contribution in [-0.4, -0.2) is 79.9 Å². The summed E-state index contributed by atoms with van der Waals surface area (Å²) in [6.45, 7) is 14.5. The monoisotopic (exact) mass is 607 g/mol. The number of anilines is 1. The minimum atomic E-state index is -0.842. The van der Waals surface area contributed by atoms with Crippen LogP contribution in [-0.2, 0) is 14.4 Å². The van der Waals surface area contributed by atoms with Crippen molar-refractivity contribution in [1.29, 1.82) is 0 Å². The van der Waals surface area contributed by atoms with Gasteiger partial charge in [-0.1, -0.05) is 76.1 Å². The number of aliphatic hydroxyl groups excluding tert-OH is 1. The molecule has 0 bridgehead atoms. The van der Waals surface area contributed by atoms with E-state index in [1.165, 1.54) is 0 Å². The third-order valence-corrected chi connectivity index (χ3v) is 11.4. The molecule has 1 aromatic rings. The van der Waals surface area contributed by atoms with E-state index in [0.29, 0.717) is 19.6 Å². The number of para-hydroxylation sites is 1. The number of carbonyl (C=O) groups excluding carboxylic acids is 3. The first-order valence-corrected chi connectivity index (χ1v) is 16.7. The molecule has 234 valence electrons. The van der Waals surface area contributed by atoms with Crippen molar-refractivity contribution in [3.8, 4) is 0 Å². The first kappa shape index (κ1) is 31.8. The van der Waals surface area contributed by atoms with E-state index < -0.39 is 32.9 Å². The average Bonchev–Trinajstić information content (AvgIpc) is 3.18. The lowest BCUT2D eigenvalue weighted by Gasteiger charge is -2.44. The maximum Gasteiger partial charge on any atom is 0.247 e. The van der Waals surface area contributed by atoms with Crippen LogP contribution in [0.5, 0.6) is 0 Å². The summed E-state index contributed by atoms with van der Waals surface area (Å²) < 4.78 is -1.47. The summed E-state index contributed by atoms with van der Waals surface area (Å²) in [7, 11) is 0. The number of thioether (sulfide) groups is 1. The van der Waals surface area contributed by atoms with Crippen LogP contribution in [0.15, 0.2) is 54.6 Å². The molecule has 1 N–H and O–H groups in total. The van der Waals surface area contributed by atoms with Crippen LogP contribution in [0.4, 0.5) is 5.69 Å². The molecule has 0 saturated carbocycles. The van der Waals surface area contributed by atoms with Crippen LogP contribution >= 0.6 is 11.8 Å². The summed E-state index contributed by atoms with van der Waals surface area (Å²) in [6.07, 6.45) is 12.4. The van der Waals surface area contributed by atoms with Crippen molar-refractivity contribution in [2.24, 2.45) is 17.3 Å². The summed E-state index contributed by atoms with van der Waals surface area (Å²) in [5.74, 6) is -1.40. The molecule has 43 heavy (non-hydrogen) atoms. The van der Waals surface area contributed by atoms with E-state index in [2.05, 4.69) is 65.8 Å². The Morgan fingerprint density at radius 2 is 1.53 bits per heavy atom. The predicted molar refractivity (Wildman–Crippen MR) is 174 cm³/mol. The Morgan fingerprint density at radius 3 is 2.21 bits per heavy atom. The number of carbonyl (C=O) groups is 3. The van der Waals surface area contributed by atoms with Crippen molar-refractivity contribution in [2.45, 2.75) is 94.7 Å². The molecule has 1 spiro atoms. The van der Waals surface area contributed by atoms with Crippen LogP contribution in [0.1, 0.15) is 73.6 Å². The summed E-state index contributed by atoms with van der Waals surface area (Å²) in [5, 5.41) is 9.25. The Kier molecular flexibility index (Phi) is 8.69. The van der Waals surface area contributed by atoms with Gasteiger partial charge in [0.1, 0.15) is 6.04 Å². The standard InChI is InChI=1S/C35H49N3O4S/c1-32(2,3)24-33(4,5)38-22-15-19-35-27(30(41)37(28(35)31(38)42)20-12-7-8-13-23-39)26-29(40)36(25-16-10-9-11-17-25)21-14-18-34(26,6)43-35/h9-11,14-19,26-28,39H,7-8,12-13,20-24H2,1-6H3/t26-,27+,28?,34+,35+/m1/s1. The summed E-state index contributed by atoms with van der Waals surface area (Å²) >= 11 is 1.65. The first-order chi connectivity index (χ1) is 20.3. The molecule has 3 amide bonds. The SMILES string of the molecule is CC(C)(C)CC(C)(C)N1CC=C[C@]23S[C@@]4(C)C=CCN(c5ccccc5)C(=O)[C@H]4[C@H]2C(=O)N(CCCCCCO)C3C1=O. The van der Waals surface area contributed by atoms with Gasteiger partial charge in [-0.15, -0.1) is 11.8 Å². The first-order valence-electron chi connectivity index (χ1n) is 15.9. The summed E-state index contributed by atoms with van der Waals surface area (Å²) in [5.41, 5.74) is 0.410. The van der Waals surface area contributed by atoms with E-state index in [1.807, 2.05) is 40.1 Å². The highest BCUT2D eigenvalue weighted by atomic mass is 32.2. The van der Waals surface area contributed by atoms with Crippen molar-refractivity contribution in [3.05, 3.63) is 54.6 Å². The molecule has 2 fully saturated rings. The maximum atomic E-state index is 14.9. The number of hydrogen-bond donors (Lipinski definition) is 1. The largest absolute Gasteiger partial charge is 0.396 e. The van der Waals surface area contributed by atoms with Crippen molar-refractivity contribution < 1.29 is 19.5 Å². The van der Waals surface area contributed by atoms with E-state index in [1.54, 1.807) is 16.7 Å². The molecular weight excluding hydrogens is 558 g/mol. The van der Waals surface area contributed by atoms with E-state index in [9.17, 15) is 19.5 Å². The van der Waals surface area contributed by atoms with Gasteiger partial charge in [-0.05, 0) is 57.6 Å². The fourth-order valence-electron chi connectivity index (χ4n) is 8.29. The Labute approximate surface area is 261 Å². The van der Waals surface area contributed by atoms with E-state index in [0.717, 1.165) is 37.8 Å². The van der Waals surface area contributed by atoms with Gasteiger partial charge in [0, 0.05) is 42.2 Å². The van der Waals surface area contributed by atoms with Gasteiger partial charge in [-0.3, -0.25) is 14.4 Å². The molecule has 8 heteroatoms. The molecule has 5 atom stereocenters. The second kappa shape index (κ2) is 11.7. The second-order valence-electron chi connectivity index (χ2n) is 14.8. The third-order valence-electron chi connectivity index (χ3n) is 9.63. The lowest BCUT2D eigenvalue weighted by atomic mass is 9.74. The van der Waals surface area contributed by atoms with E-state index in [-0.39, 0.29) is 29.7 Å². The minimum Gasteiger partial charge on any atom is -0.396 e. The maximum absolute atomic E-state index is 14.9. The Bertz CT molecular complexity index is 1290. The van der Waals surface area contributed by atoms with Crippen molar-refractivity contribution in [2.75, 3.05) is 31.1 Å². The average molecular weight is 608 g/mol. The van der Waals surface area contributed by atoms with Crippen LogP contribution in [0.2, 0.25) is 0 Å². The zero-order chi connectivity index (χ0) is 31.2. The minimum absolute atomic E-state index is 0.0127. The van der Waals surface area contributed by atoms with Crippen LogP contribution in [0.3, 0.4) is 0 Å². The number of rotatable bonds is 9. The quantitative estimate of drug-likeness (QED) is 0.299. The molecule has 1 aromatic carbocycles. The molecule has 7 nitrogen and oxygen atoms in total. The third kappa shape index (κ3) is 5.70. The summed E-state index contributed by atoms with van der Waals surface area (Å²) in [4.78, 5) is 49.7. The molecule has 4 heterocycles. The predicted octanol–water partition coefficient (Wildman–Crippen LogP) is 5.44. The molecule has 4 aliphatic rings. The fourth-order valence-corrected chi connectivity index (χ4v) is 10.4. The van der Waals surface area contributed by atoms with Gasteiger partial charge in [0.2, 0.25) is 17.7 Å². The lowest BCUT2D eigenvalue weighted by Crippen LogP contribution is -2.58. The normalized spacial score (nSPS) is 30.8. The van der Waals surface area contributed by atoms with Crippen molar-refractivity contribution >= 4 is 35.2 Å². The summed E-state index contributed by atoms with van der Waals surface area (Å²) in [6, 6.07) is 8.99. The Balaban J connectivity index is 1.57. The number of benzene rings is 1. The number of fused-ring (bicyclic) bond motifs is 2. The van der Waals surface area contributed by atoms with Gasteiger partial charge in [0.15, 0.2) is 0 Å². The number of amides is 3. The van der Waals surface area contributed by atoms with Crippen molar-refractivity contribution in [3.63, 3.8) is 0 Å². The number of nitrogens with zero attached hydrogens (tertiary/aromatic N) is 3. The zero-order valence-corrected chi connectivity index (χ0v) is 27.5. The molecule has 2 saturated heterocycles. The van der Waals surface area contributed by atoms with Gasteiger partial charge >= 0.3 is 0 Å². The molecular formula is C35H49N3O4S. The van der Waals surface area contributed by atoms with E-state index in [4.69, 9.17) is 0 Å². The number of aliphatic hydroxyl groups is 1. The Morgan fingerprint density at radius 1 is 0.860 bits per heavy atom. The smallest absolute Gasteiger partial charge is 0.247 e. The highest BCUT2D eigenvalue weighted by Crippen LogP contribution is 2.65. The van der Waals surface area contributed by atoms with Gasteiger partial charge in [-0.2, -0.15) is 0 Å². The number of hydrogen-bond acceptors (Lipinski definition) is 5. The lowest BCUT2D eigenvalue weighted by molar-refractivity contribution is -0.146. The second-order valence-corrected chi connectivity index (χ2v) is 16.5. The highest BCUT2D eigenvalue weighted by molar-refractivity contribution is 8.02. The van der Waals surface area contributed by atoms with Crippen molar-refractivity contribution in [1.82, 2.24) is 9.80 Å². The molecule has 4 aliphatic heterocycles. The molecule has 0 aromatic heterocycles. The molecule has 0 aliphatic carbocycles. The van der Waals surface area contributed by atoms with Gasteiger partial charge in [0.25, 0.3) is 0 Å². The topological polar surface area (TPSA) is 81.2 Å². The van der Waals surface area contributed by atoms with Gasteiger partial charge in [0.05, 0.1) is 16.6 Å². The molecule has 5 rings (SSSR count). The van der Waals surface area contributed by atoms with E-state index >= 15 is 0 Å². The fraction of sp³-hybridized carbons (Fsp3) is 0.629. The molecule has 0 radical (unpaired) electrons. The van der Waals surface area contributed by atoms with Crippen LogP contribution < -0.4 is 4.90 Å². The number of likely N-dealkylation sites (tertiary alicyclic amines) is 1. The van der Waals surface area contributed by atoms with Crippen LogP contribution in [0, 0.1) is 17.3 Å². The zero-order valence-electron chi connectivity index (χ0n) is 26.7. The van der Waals surface area contributed by atoms with Gasteiger partial charge < -0.3 is 19.8 Å². The van der Waals surface area contributed by atoms with Crippen LogP contribution in [0.25, 0.3) is 0 Å². The molecule has 1 unspecified atom stereocenters. The van der Waals surface area contributed by atoms with Gasteiger partial charge in [-0.25, -0.2) is 0 Å². The number of unbranched alkanes of at least 4 members (excludes halogenated alkanes) is 3.